The number of aromatic amines is 1. The predicted molar refractivity (Wildman–Crippen MR) is 117 cm³/mol. The molecule has 30 heavy (non-hydrogen) atoms. The first-order valence-electron chi connectivity index (χ1n) is 9.93. The van der Waals surface area contributed by atoms with Gasteiger partial charge in [-0.1, -0.05) is 54.1 Å². The minimum Gasteiger partial charge on any atom is -0.508 e. The van der Waals surface area contributed by atoms with Crippen LogP contribution < -0.4 is 0 Å². The SMILES string of the molecule is Cc1ccc(S(=O)(=O)N2CCc3c([nH]c4ccccc34)C2c2ccccc2O)cc1. The van der Waals surface area contributed by atoms with Crippen molar-refractivity contribution in [3.05, 3.63) is 95.2 Å². The van der Waals surface area contributed by atoms with E-state index in [0.717, 1.165) is 27.7 Å². The summed E-state index contributed by atoms with van der Waals surface area (Å²) < 4.78 is 28.8. The lowest BCUT2D eigenvalue weighted by Crippen LogP contribution is -2.40. The summed E-state index contributed by atoms with van der Waals surface area (Å²) in [6.07, 6.45) is 0.606. The summed E-state index contributed by atoms with van der Waals surface area (Å²) in [5.74, 6) is 0.0816. The molecule has 1 aromatic heterocycles. The number of fused-ring (bicyclic) bond motifs is 3. The molecule has 6 heteroatoms. The fourth-order valence-electron chi connectivity index (χ4n) is 4.35. The van der Waals surface area contributed by atoms with E-state index in [-0.39, 0.29) is 10.6 Å². The van der Waals surface area contributed by atoms with Crippen LogP contribution in [0.2, 0.25) is 0 Å². The average molecular weight is 419 g/mol. The Morgan fingerprint density at radius 1 is 0.967 bits per heavy atom. The standard InChI is InChI=1S/C24H22N2O3S/c1-16-10-12-17(13-11-16)30(28,29)26-15-14-19-18-6-2-4-8-21(18)25-23(19)24(26)20-7-3-5-9-22(20)27/h2-13,24-25,27H,14-15H2,1H3. The maximum absolute atomic E-state index is 13.6. The molecule has 0 saturated carbocycles. The van der Waals surface area contributed by atoms with E-state index in [2.05, 4.69) is 11.1 Å². The second kappa shape index (κ2) is 7.00. The van der Waals surface area contributed by atoms with Crippen LogP contribution in [0.5, 0.6) is 5.75 Å². The van der Waals surface area contributed by atoms with Gasteiger partial charge in [0.25, 0.3) is 0 Å². The number of benzene rings is 3. The Labute approximate surface area is 175 Å². The van der Waals surface area contributed by atoms with Crippen LogP contribution in [-0.2, 0) is 16.4 Å². The first-order valence-corrected chi connectivity index (χ1v) is 11.4. The number of aromatic hydroxyl groups is 1. The molecule has 2 N–H and O–H groups in total. The highest BCUT2D eigenvalue weighted by atomic mass is 32.2. The summed E-state index contributed by atoms with van der Waals surface area (Å²) in [4.78, 5) is 3.69. The molecular weight excluding hydrogens is 396 g/mol. The molecule has 1 unspecified atom stereocenters. The molecule has 0 bridgehead atoms. The van der Waals surface area contributed by atoms with Crippen LogP contribution in [-0.4, -0.2) is 29.4 Å². The van der Waals surface area contributed by atoms with Crippen LogP contribution >= 0.6 is 0 Å². The van der Waals surface area contributed by atoms with Crippen LogP contribution in [0.1, 0.15) is 28.4 Å². The fourth-order valence-corrected chi connectivity index (χ4v) is 5.93. The summed E-state index contributed by atoms with van der Waals surface area (Å²) in [7, 11) is -3.77. The third-order valence-corrected chi connectivity index (χ3v) is 7.73. The minimum absolute atomic E-state index is 0.0816. The Balaban J connectivity index is 1.73. The highest BCUT2D eigenvalue weighted by molar-refractivity contribution is 7.89. The van der Waals surface area contributed by atoms with Crippen molar-refractivity contribution in [1.29, 1.82) is 0 Å². The van der Waals surface area contributed by atoms with E-state index in [0.29, 0.717) is 18.5 Å². The first-order chi connectivity index (χ1) is 14.5. The third kappa shape index (κ3) is 2.91. The van der Waals surface area contributed by atoms with Gasteiger partial charge in [-0.2, -0.15) is 4.31 Å². The van der Waals surface area contributed by atoms with E-state index in [4.69, 9.17) is 0 Å². The number of rotatable bonds is 3. The molecule has 2 heterocycles. The van der Waals surface area contributed by atoms with E-state index in [9.17, 15) is 13.5 Å². The van der Waals surface area contributed by atoms with Crippen molar-refractivity contribution in [2.45, 2.75) is 24.3 Å². The monoisotopic (exact) mass is 418 g/mol. The van der Waals surface area contributed by atoms with Crippen molar-refractivity contribution >= 4 is 20.9 Å². The largest absolute Gasteiger partial charge is 0.508 e. The number of phenolic OH excluding ortho intramolecular Hbond substituents is 1. The Bertz CT molecular complexity index is 1340. The fraction of sp³-hybridized carbons (Fsp3) is 0.167. The second-order valence-electron chi connectivity index (χ2n) is 7.70. The lowest BCUT2D eigenvalue weighted by atomic mass is 9.94. The smallest absolute Gasteiger partial charge is 0.244 e. The van der Waals surface area contributed by atoms with Gasteiger partial charge in [-0.25, -0.2) is 8.42 Å². The molecule has 0 saturated heterocycles. The van der Waals surface area contributed by atoms with Gasteiger partial charge in [-0.3, -0.25) is 0 Å². The molecule has 152 valence electrons. The van der Waals surface area contributed by atoms with Gasteiger partial charge in [0.2, 0.25) is 10.0 Å². The Morgan fingerprint density at radius 3 is 2.43 bits per heavy atom. The number of para-hydroxylation sites is 2. The molecule has 1 aliphatic heterocycles. The summed E-state index contributed by atoms with van der Waals surface area (Å²) in [5.41, 5.74) is 4.47. The van der Waals surface area contributed by atoms with Crippen LogP contribution in [0.3, 0.4) is 0 Å². The lowest BCUT2D eigenvalue weighted by Gasteiger charge is -2.35. The van der Waals surface area contributed by atoms with Crippen molar-refractivity contribution in [1.82, 2.24) is 9.29 Å². The van der Waals surface area contributed by atoms with E-state index in [1.807, 2.05) is 31.2 Å². The number of phenols is 1. The second-order valence-corrected chi connectivity index (χ2v) is 9.59. The molecule has 0 spiro atoms. The highest BCUT2D eigenvalue weighted by Gasteiger charge is 2.40. The molecule has 0 amide bonds. The molecule has 0 fully saturated rings. The minimum atomic E-state index is -3.77. The zero-order chi connectivity index (χ0) is 20.9. The topological polar surface area (TPSA) is 73.4 Å². The average Bonchev–Trinajstić information content (AvgIpc) is 3.13. The van der Waals surface area contributed by atoms with Crippen molar-refractivity contribution in [2.24, 2.45) is 0 Å². The normalized spacial score (nSPS) is 17.2. The van der Waals surface area contributed by atoms with Crippen LogP contribution in [0, 0.1) is 6.92 Å². The molecule has 0 radical (unpaired) electrons. The van der Waals surface area contributed by atoms with Crippen molar-refractivity contribution in [3.8, 4) is 5.75 Å². The number of sulfonamides is 1. The Hall–Kier alpha value is -3.09. The Morgan fingerprint density at radius 2 is 1.67 bits per heavy atom. The summed E-state index contributed by atoms with van der Waals surface area (Å²) in [6.45, 7) is 2.27. The molecule has 0 aliphatic carbocycles. The summed E-state index contributed by atoms with van der Waals surface area (Å²) >= 11 is 0. The van der Waals surface area contributed by atoms with Gasteiger partial charge >= 0.3 is 0 Å². The van der Waals surface area contributed by atoms with E-state index < -0.39 is 16.1 Å². The van der Waals surface area contributed by atoms with Gasteiger partial charge in [0, 0.05) is 28.7 Å². The van der Waals surface area contributed by atoms with Gasteiger partial charge in [-0.15, -0.1) is 0 Å². The molecule has 5 nitrogen and oxygen atoms in total. The summed E-state index contributed by atoms with van der Waals surface area (Å²) in [6, 6.07) is 21.2. The number of nitrogens with zero attached hydrogens (tertiary/aromatic N) is 1. The first kappa shape index (κ1) is 18.9. The number of H-pyrrole nitrogens is 1. The number of aryl methyl sites for hydroxylation is 1. The van der Waals surface area contributed by atoms with Crippen molar-refractivity contribution < 1.29 is 13.5 Å². The number of nitrogens with one attached hydrogen (secondary N) is 1. The number of hydrogen-bond acceptors (Lipinski definition) is 3. The van der Waals surface area contributed by atoms with E-state index >= 15 is 0 Å². The van der Waals surface area contributed by atoms with Crippen LogP contribution in [0.15, 0.2) is 77.7 Å². The van der Waals surface area contributed by atoms with Gasteiger partial charge in [0.15, 0.2) is 0 Å². The zero-order valence-corrected chi connectivity index (χ0v) is 17.4. The molecule has 1 atom stereocenters. The maximum atomic E-state index is 13.6. The number of aromatic nitrogens is 1. The molecule has 3 aromatic carbocycles. The van der Waals surface area contributed by atoms with E-state index in [1.165, 1.54) is 4.31 Å². The number of hydrogen-bond donors (Lipinski definition) is 2. The molecular formula is C24H22N2O3S. The summed E-state index contributed by atoms with van der Waals surface area (Å²) in [5, 5.41) is 11.7. The van der Waals surface area contributed by atoms with Crippen molar-refractivity contribution in [3.63, 3.8) is 0 Å². The molecule has 1 aliphatic rings. The van der Waals surface area contributed by atoms with E-state index in [1.54, 1.807) is 42.5 Å². The third-order valence-electron chi connectivity index (χ3n) is 5.85. The molecule has 5 rings (SSSR count). The van der Waals surface area contributed by atoms with Crippen molar-refractivity contribution in [2.75, 3.05) is 6.54 Å². The molecule has 4 aromatic rings. The van der Waals surface area contributed by atoms with Crippen LogP contribution in [0.25, 0.3) is 10.9 Å². The van der Waals surface area contributed by atoms with Gasteiger partial charge in [0.05, 0.1) is 10.9 Å². The maximum Gasteiger partial charge on any atom is 0.244 e. The highest BCUT2D eigenvalue weighted by Crippen LogP contribution is 2.43. The Kier molecular flexibility index (Phi) is 4.41. The van der Waals surface area contributed by atoms with Crippen LogP contribution in [0.4, 0.5) is 0 Å². The predicted octanol–water partition coefficient (Wildman–Crippen LogP) is 4.52. The van der Waals surface area contributed by atoms with Gasteiger partial charge in [-0.05, 0) is 43.2 Å². The van der Waals surface area contributed by atoms with Gasteiger partial charge < -0.3 is 10.1 Å². The lowest BCUT2D eigenvalue weighted by molar-refractivity contribution is 0.331. The quantitative estimate of drug-likeness (QED) is 0.514. The van der Waals surface area contributed by atoms with Gasteiger partial charge in [0.1, 0.15) is 5.75 Å². The zero-order valence-electron chi connectivity index (χ0n) is 16.5.